The van der Waals surface area contributed by atoms with Crippen molar-refractivity contribution in [3.8, 4) is 21.7 Å². The molecule has 0 spiro atoms. The average Bonchev–Trinajstić information content (AvgIpc) is 3.50. The van der Waals surface area contributed by atoms with Crippen LogP contribution in [0, 0.1) is 0 Å². The van der Waals surface area contributed by atoms with E-state index in [4.69, 9.17) is 5.73 Å². The van der Waals surface area contributed by atoms with E-state index in [1.165, 1.54) is 15.6 Å². The van der Waals surface area contributed by atoms with Crippen LogP contribution in [0.2, 0.25) is 0 Å². The minimum Gasteiger partial charge on any atom is -0.327 e. The summed E-state index contributed by atoms with van der Waals surface area (Å²) in [5.41, 5.74) is 8.10. The summed E-state index contributed by atoms with van der Waals surface area (Å²) in [4.78, 5) is 14.5. The van der Waals surface area contributed by atoms with Gasteiger partial charge in [0.25, 0.3) is 0 Å². The number of nitrogens with zero attached hydrogens (tertiary/aromatic N) is 5. The molecule has 0 fully saturated rings. The van der Waals surface area contributed by atoms with Crippen LogP contribution in [0.4, 0.5) is 4.39 Å². The Morgan fingerprint density at radius 1 is 1.21 bits per heavy atom. The van der Waals surface area contributed by atoms with E-state index < -0.39 is 0 Å². The molecule has 1 aromatic carbocycles. The Morgan fingerprint density at radius 2 is 2.00 bits per heavy atom. The van der Waals surface area contributed by atoms with Gasteiger partial charge >= 0.3 is 5.69 Å². The minimum atomic E-state index is -0.307. The molecule has 0 bridgehead atoms. The lowest BCUT2D eigenvalue weighted by atomic mass is 10.1. The predicted molar refractivity (Wildman–Crippen MR) is 107 cm³/mol. The van der Waals surface area contributed by atoms with Crippen molar-refractivity contribution in [1.29, 1.82) is 0 Å². The summed E-state index contributed by atoms with van der Waals surface area (Å²) in [6, 6.07) is 11.9. The van der Waals surface area contributed by atoms with E-state index >= 15 is 0 Å². The van der Waals surface area contributed by atoms with E-state index in [9.17, 15) is 9.18 Å². The van der Waals surface area contributed by atoms with Crippen LogP contribution in [0.15, 0.2) is 70.2 Å². The fourth-order valence-corrected chi connectivity index (χ4v) is 3.82. The Balaban J connectivity index is 1.49. The molecule has 0 atom stereocenters. The number of rotatable bonds is 7. The fourth-order valence-electron chi connectivity index (χ4n) is 2.81. The highest BCUT2D eigenvalue weighted by Gasteiger charge is 2.10. The van der Waals surface area contributed by atoms with Crippen LogP contribution < -0.4 is 11.4 Å². The van der Waals surface area contributed by atoms with Crippen molar-refractivity contribution < 1.29 is 9.02 Å². The molecular formula is C19H17FN6O2S. The Morgan fingerprint density at radius 3 is 2.69 bits per heavy atom. The van der Waals surface area contributed by atoms with Crippen LogP contribution in [0.5, 0.6) is 0 Å². The summed E-state index contributed by atoms with van der Waals surface area (Å²) in [7, 11) is 0. The van der Waals surface area contributed by atoms with E-state index in [1.54, 1.807) is 17.5 Å². The number of hydrogen-bond acceptors (Lipinski definition) is 7. The van der Waals surface area contributed by atoms with Gasteiger partial charge in [0, 0.05) is 21.9 Å². The van der Waals surface area contributed by atoms with Crippen molar-refractivity contribution in [2.24, 2.45) is 5.73 Å². The van der Waals surface area contributed by atoms with Gasteiger partial charge in [0.05, 0.1) is 25.6 Å². The first kappa shape index (κ1) is 19.0. The van der Waals surface area contributed by atoms with Gasteiger partial charge in [0.15, 0.2) is 0 Å². The van der Waals surface area contributed by atoms with Crippen molar-refractivity contribution >= 4 is 11.3 Å². The average molecular weight is 412 g/mol. The van der Waals surface area contributed by atoms with Crippen molar-refractivity contribution in [2.45, 2.75) is 13.1 Å². The third-order valence-corrected chi connectivity index (χ3v) is 5.50. The van der Waals surface area contributed by atoms with Gasteiger partial charge in [-0.25, -0.2) is 18.5 Å². The van der Waals surface area contributed by atoms with Crippen molar-refractivity contribution in [3.05, 3.63) is 76.2 Å². The second-order valence-electron chi connectivity index (χ2n) is 6.31. The molecule has 0 aliphatic rings. The van der Waals surface area contributed by atoms with E-state index in [-0.39, 0.29) is 18.8 Å². The maximum absolute atomic E-state index is 12.7. The minimum absolute atomic E-state index is 0.0377. The first-order valence-electron chi connectivity index (χ1n) is 8.75. The smallest absolute Gasteiger partial charge is 0.327 e. The van der Waals surface area contributed by atoms with Gasteiger partial charge in [-0.3, -0.25) is 4.57 Å². The number of benzene rings is 1. The van der Waals surface area contributed by atoms with Gasteiger partial charge in [-0.2, -0.15) is 5.10 Å². The lowest BCUT2D eigenvalue weighted by Gasteiger charge is -2.01. The molecule has 2 N–H and O–H groups in total. The molecule has 4 rings (SSSR count). The molecule has 0 saturated carbocycles. The molecule has 0 amide bonds. The van der Waals surface area contributed by atoms with Gasteiger partial charge < -0.3 is 5.73 Å². The maximum atomic E-state index is 12.7. The summed E-state index contributed by atoms with van der Waals surface area (Å²) >= 11 is 1.59. The highest BCUT2D eigenvalue weighted by atomic mass is 32.1. The number of hydrogen-bond donors (Lipinski definition) is 1. The van der Waals surface area contributed by atoms with E-state index in [1.807, 2.05) is 36.4 Å². The summed E-state index contributed by atoms with van der Waals surface area (Å²) < 4.78 is 20.0. The zero-order valence-corrected chi connectivity index (χ0v) is 16.1. The fraction of sp³-hybridized carbons (Fsp3) is 0.158. The number of halogens is 1. The van der Waals surface area contributed by atoms with Crippen molar-refractivity contribution in [3.63, 3.8) is 0 Å². The summed E-state index contributed by atoms with van der Waals surface area (Å²) in [6.07, 6.45) is 3.44. The first-order valence-corrected chi connectivity index (χ1v) is 9.57. The van der Waals surface area contributed by atoms with Crippen LogP contribution >= 0.6 is 11.3 Å². The third-order valence-electron chi connectivity index (χ3n) is 4.38. The second-order valence-corrected chi connectivity index (χ2v) is 7.47. The highest BCUT2D eigenvalue weighted by molar-refractivity contribution is 7.15. The molecule has 3 heterocycles. The van der Waals surface area contributed by atoms with Crippen LogP contribution in [-0.4, -0.2) is 31.2 Å². The molecule has 29 heavy (non-hydrogen) atoms. The van der Waals surface area contributed by atoms with E-state index in [0.717, 1.165) is 20.9 Å². The van der Waals surface area contributed by atoms with E-state index in [2.05, 4.69) is 20.0 Å². The van der Waals surface area contributed by atoms with Gasteiger partial charge in [0.1, 0.15) is 12.0 Å². The third kappa shape index (κ3) is 4.08. The number of aromatic nitrogens is 5. The zero-order chi connectivity index (χ0) is 20.2. The van der Waals surface area contributed by atoms with Crippen LogP contribution in [0.3, 0.4) is 0 Å². The summed E-state index contributed by atoms with van der Waals surface area (Å²) in [5, 5.41) is 11.5. The molecule has 3 aromatic heterocycles. The number of thiophene rings is 1. The molecule has 8 nitrogen and oxygen atoms in total. The molecule has 0 radical (unpaired) electrons. The lowest BCUT2D eigenvalue weighted by molar-refractivity contribution is 0.308. The summed E-state index contributed by atoms with van der Waals surface area (Å²) in [6.45, 7) is 0.474. The molecule has 0 saturated heterocycles. The van der Waals surface area contributed by atoms with E-state index in [0.29, 0.717) is 24.1 Å². The Labute approximate surface area is 168 Å². The zero-order valence-electron chi connectivity index (χ0n) is 15.2. The van der Waals surface area contributed by atoms with Crippen molar-refractivity contribution in [2.75, 3.05) is 6.54 Å². The standard InChI is InChI=1S/C19H17FN6O2S/c20-7-13(8-21)10-26-19(27)25(12-22-26)11-16-5-6-18(29-16)15-3-1-14(2-4-15)17-9-23-28-24-17/h1-7,9,12H,8,10-11,21H2/b13-7+. The molecule has 0 unspecified atom stereocenters. The normalized spacial score (nSPS) is 11.9. The lowest BCUT2D eigenvalue weighted by Crippen LogP contribution is -2.26. The number of nitrogens with two attached hydrogens (primary N) is 1. The van der Waals surface area contributed by atoms with Crippen LogP contribution in [-0.2, 0) is 13.1 Å². The quantitative estimate of drug-likeness (QED) is 0.500. The second kappa shape index (κ2) is 8.33. The molecule has 148 valence electrons. The van der Waals surface area contributed by atoms with Gasteiger partial charge in [0.2, 0.25) is 0 Å². The van der Waals surface area contributed by atoms with Gasteiger partial charge in [-0.1, -0.05) is 29.4 Å². The molecule has 10 heteroatoms. The monoisotopic (exact) mass is 412 g/mol. The topological polar surface area (TPSA) is 105 Å². The SMILES string of the molecule is NC/C(=C\F)Cn1ncn(Cc2ccc(-c3ccc(-c4cnon4)cc3)s2)c1=O. The predicted octanol–water partition coefficient (Wildman–Crippen LogP) is 2.68. The largest absolute Gasteiger partial charge is 0.346 e. The molecule has 0 aliphatic heterocycles. The highest BCUT2D eigenvalue weighted by Crippen LogP contribution is 2.30. The van der Waals surface area contributed by atoms with Gasteiger partial charge in [-0.05, 0) is 28.4 Å². The maximum Gasteiger partial charge on any atom is 0.346 e. The molecule has 4 aromatic rings. The Bertz CT molecular complexity index is 1170. The van der Waals surface area contributed by atoms with Crippen molar-refractivity contribution in [1.82, 2.24) is 24.7 Å². The Kier molecular flexibility index (Phi) is 5.45. The molecular weight excluding hydrogens is 395 g/mol. The first-order chi connectivity index (χ1) is 14.2. The van der Waals surface area contributed by atoms with Gasteiger partial charge in [-0.15, -0.1) is 11.3 Å². The summed E-state index contributed by atoms with van der Waals surface area (Å²) in [5.74, 6) is 0. The Hall–Kier alpha value is -3.37. The molecule has 0 aliphatic carbocycles. The van der Waals surface area contributed by atoms with Crippen LogP contribution in [0.25, 0.3) is 21.7 Å². The van der Waals surface area contributed by atoms with Crippen LogP contribution in [0.1, 0.15) is 4.88 Å².